The van der Waals surface area contributed by atoms with Gasteiger partial charge in [0.1, 0.15) is 12.2 Å². The average Bonchev–Trinajstić information content (AvgIpc) is 2.71. The molecule has 1 aromatic carbocycles. The summed E-state index contributed by atoms with van der Waals surface area (Å²) in [6.07, 6.45) is 6.81. The molecule has 2 aliphatic rings. The second kappa shape index (κ2) is 9.27. The van der Waals surface area contributed by atoms with Gasteiger partial charge in [0.25, 0.3) is 0 Å². The molecule has 2 fully saturated rings. The van der Waals surface area contributed by atoms with E-state index >= 15 is 0 Å². The van der Waals surface area contributed by atoms with E-state index in [0.29, 0.717) is 38.5 Å². The summed E-state index contributed by atoms with van der Waals surface area (Å²) < 4.78 is 45.2. The number of esters is 1. The van der Waals surface area contributed by atoms with Crippen molar-refractivity contribution >= 4 is 5.97 Å². The highest BCUT2D eigenvalue weighted by molar-refractivity contribution is 5.72. The highest BCUT2D eigenvalue weighted by atomic mass is 19.2. The van der Waals surface area contributed by atoms with E-state index in [1.165, 1.54) is 18.2 Å². The molecule has 0 heterocycles. The van der Waals surface area contributed by atoms with Crippen molar-refractivity contribution < 1.29 is 22.7 Å². The van der Waals surface area contributed by atoms with Crippen LogP contribution in [0, 0.1) is 34.8 Å². The quantitative estimate of drug-likeness (QED) is 0.487. The zero-order valence-electron chi connectivity index (χ0n) is 15.7. The Hall–Kier alpha value is -2.29. The molecule has 0 atom stereocenters. The summed E-state index contributed by atoms with van der Waals surface area (Å²) in [6.45, 7) is 0. The second-order valence-electron chi connectivity index (χ2n) is 7.82. The number of halogens is 3. The molecule has 0 unspecified atom stereocenters. The molecule has 0 aliphatic heterocycles. The molecular weight excluding hydrogens is 367 g/mol. The Morgan fingerprint density at radius 3 is 2.32 bits per heavy atom. The number of hydrogen-bond donors (Lipinski definition) is 0. The van der Waals surface area contributed by atoms with Crippen molar-refractivity contribution in [3.05, 3.63) is 47.3 Å². The molecule has 6 heteroatoms. The van der Waals surface area contributed by atoms with E-state index in [4.69, 9.17) is 10.00 Å². The molecule has 0 amide bonds. The lowest BCUT2D eigenvalue weighted by atomic mass is 9.78. The molecule has 0 spiro atoms. The predicted octanol–water partition coefficient (Wildman–Crippen LogP) is 5.72. The SMILES string of the molecule is N#CC(F)=C[C@H]1CC[C@H](OC(=O)[C@H]2CC[C@H](c3ccc(F)c(F)c3)CC2)CC1. The molecule has 0 radical (unpaired) electrons. The summed E-state index contributed by atoms with van der Waals surface area (Å²) in [7, 11) is 0. The number of nitrogens with zero attached hydrogens (tertiary/aromatic N) is 1. The minimum atomic E-state index is -0.846. The monoisotopic (exact) mass is 391 g/mol. The first kappa shape index (κ1) is 20.4. The van der Waals surface area contributed by atoms with Crippen LogP contribution in [-0.2, 0) is 9.53 Å². The van der Waals surface area contributed by atoms with Crippen molar-refractivity contribution in [2.45, 2.75) is 63.4 Å². The van der Waals surface area contributed by atoms with Crippen LogP contribution in [0.2, 0.25) is 0 Å². The molecule has 150 valence electrons. The second-order valence-corrected chi connectivity index (χ2v) is 7.82. The lowest BCUT2D eigenvalue weighted by molar-refractivity contribution is -0.157. The number of rotatable bonds is 4. The van der Waals surface area contributed by atoms with Gasteiger partial charge in [-0.15, -0.1) is 0 Å². The number of hydrogen-bond acceptors (Lipinski definition) is 3. The van der Waals surface area contributed by atoms with Gasteiger partial charge in [-0.1, -0.05) is 6.07 Å². The molecule has 0 aromatic heterocycles. The van der Waals surface area contributed by atoms with E-state index in [1.807, 2.05) is 0 Å². The third kappa shape index (κ3) is 5.15. The number of allylic oxidation sites excluding steroid dienone is 2. The highest BCUT2D eigenvalue weighted by Crippen LogP contribution is 2.37. The molecule has 0 bridgehead atoms. The van der Waals surface area contributed by atoms with E-state index in [-0.39, 0.29) is 29.8 Å². The first-order valence-electron chi connectivity index (χ1n) is 9.89. The molecule has 2 aliphatic carbocycles. The van der Waals surface area contributed by atoms with Gasteiger partial charge in [0, 0.05) is 0 Å². The van der Waals surface area contributed by atoms with Gasteiger partial charge in [-0.05, 0) is 87.0 Å². The lowest BCUT2D eigenvalue weighted by Gasteiger charge is -2.31. The molecule has 0 N–H and O–H groups in total. The largest absolute Gasteiger partial charge is 0.462 e. The smallest absolute Gasteiger partial charge is 0.309 e. The zero-order chi connectivity index (χ0) is 20.1. The molecule has 0 saturated heterocycles. The molecule has 3 nitrogen and oxygen atoms in total. The topological polar surface area (TPSA) is 50.1 Å². The Morgan fingerprint density at radius 2 is 1.71 bits per heavy atom. The van der Waals surface area contributed by atoms with Crippen molar-refractivity contribution in [1.29, 1.82) is 5.26 Å². The van der Waals surface area contributed by atoms with Gasteiger partial charge < -0.3 is 4.74 Å². The predicted molar refractivity (Wildman–Crippen MR) is 97.7 cm³/mol. The van der Waals surface area contributed by atoms with Crippen LogP contribution in [-0.4, -0.2) is 12.1 Å². The van der Waals surface area contributed by atoms with Crippen LogP contribution in [0.5, 0.6) is 0 Å². The Bertz CT molecular complexity index is 770. The summed E-state index contributed by atoms with van der Waals surface area (Å²) in [5.74, 6) is -2.61. The van der Waals surface area contributed by atoms with Crippen molar-refractivity contribution in [1.82, 2.24) is 0 Å². The van der Waals surface area contributed by atoms with Gasteiger partial charge in [-0.2, -0.15) is 9.65 Å². The van der Waals surface area contributed by atoms with Crippen molar-refractivity contribution in [2.75, 3.05) is 0 Å². The maximum Gasteiger partial charge on any atom is 0.309 e. The minimum absolute atomic E-state index is 0.0288. The number of benzene rings is 1. The van der Waals surface area contributed by atoms with Gasteiger partial charge >= 0.3 is 5.97 Å². The third-order valence-electron chi connectivity index (χ3n) is 5.97. The zero-order valence-corrected chi connectivity index (χ0v) is 15.7. The van der Waals surface area contributed by atoms with Gasteiger partial charge in [-0.3, -0.25) is 4.79 Å². The maximum absolute atomic E-state index is 13.4. The molecule has 28 heavy (non-hydrogen) atoms. The van der Waals surface area contributed by atoms with Crippen molar-refractivity contribution in [3.63, 3.8) is 0 Å². The van der Waals surface area contributed by atoms with Gasteiger partial charge in [0.15, 0.2) is 17.5 Å². The van der Waals surface area contributed by atoms with Crippen LogP contribution in [0.25, 0.3) is 0 Å². The number of carbonyl (C=O) groups excluding carboxylic acids is 1. The van der Waals surface area contributed by atoms with Crippen LogP contribution in [0.3, 0.4) is 0 Å². The number of carbonyl (C=O) groups is 1. The van der Waals surface area contributed by atoms with Crippen LogP contribution < -0.4 is 0 Å². The molecular formula is C22H24F3NO2. The Morgan fingerprint density at radius 1 is 1.04 bits per heavy atom. The molecule has 2 saturated carbocycles. The summed E-state index contributed by atoms with van der Waals surface area (Å²) in [6, 6.07) is 5.51. The summed E-state index contributed by atoms with van der Waals surface area (Å²) in [4.78, 5) is 12.5. The fraction of sp³-hybridized carbons (Fsp3) is 0.545. The van der Waals surface area contributed by atoms with Gasteiger partial charge in [0.2, 0.25) is 0 Å². The fourth-order valence-corrected chi connectivity index (χ4v) is 4.31. The molecule has 3 rings (SSSR count). The van der Waals surface area contributed by atoms with E-state index < -0.39 is 17.5 Å². The first-order chi connectivity index (χ1) is 13.5. The fourth-order valence-electron chi connectivity index (χ4n) is 4.31. The summed E-state index contributed by atoms with van der Waals surface area (Å²) in [5.41, 5.74) is 0.779. The summed E-state index contributed by atoms with van der Waals surface area (Å²) >= 11 is 0. The average molecular weight is 391 g/mol. The van der Waals surface area contributed by atoms with E-state index in [0.717, 1.165) is 24.5 Å². The number of ether oxygens (including phenoxy) is 1. The highest BCUT2D eigenvalue weighted by Gasteiger charge is 2.31. The van der Waals surface area contributed by atoms with Gasteiger partial charge in [-0.25, -0.2) is 8.78 Å². The summed E-state index contributed by atoms with van der Waals surface area (Å²) in [5, 5.41) is 8.50. The first-order valence-corrected chi connectivity index (χ1v) is 9.89. The maximum atomic E-state index is 13.4. The Labute approximate surface area is 163 Å². The van der Waals surface area contributed by atoms with Crippen LogP contribution in [0.4, 0.5) is 13.2 Å². The number of nitriles is 1. The van der Waals surface area contributed by atoms with Crippen LogP contribution in [0.15, 0.2) is 30.1 Å². The normalized spacial score (nSPS) is 28.4. The van der Waals surface area contributed by atoms with E-state index in [1.54, 1.807) is 6.07 Å². The van der Waals surface area contributed by atoms with Crippen molar-refractivity contribution in [2.24, 2.45) is 11.8 Å². The Kier molecular flexibility index (Phi) is 6.77. The van der Waals surface area contributed by atoms with E-state index in [9.17, 15) is 18.0 Å². The minimum Gasteiger partial charge on any atom is -0.462 e. The molecule has 1 aromatic rings. The lowest BCUT2D eigenvalue weighted by Crippen LogP contribution is -2.29. The standard InChI is InChI=1S/C22H24F3NO2/c23-18(13-26)11-14-1-8-19(9-2-14)28-22(27)16-5-3-15(4-6-16)17-7-10-20(24)21(25)12-17/h7,10-12,14-16,19H,1-6,8-9H2/t14-,15-,16-,19-. The van der Waals surface area contributed by atoms with Gasteiger partial charge in [0.05, 0.1) is 5.92 Å². The third-order valence-corrected chi connectivity index (χ3v) is 5.97. The Balaban J connectivity index is 1.44. The van der Waals surface area contributed by atoms with Crippen molar-refractivity contribution in [3.8, 4) is 6.07 Å². The van der Waals surface area contributed by atoms with Crippen LogP contribution in [0.1, 0.15) is 62.8 Å². The van der Waals surface area contributed by atoms with Crippen LogP contribution >= 0.6 is 0 Å². The van der Waals surface area contributed by atoms with E-state index in [2.05, 4.69) is 0 Å².